The lowest BCUT2D eigenvalue weighted by Gasteiger charge is -2.00. The van der Waals surface area contributed by atoms with Crippen molar-refractivity contribution in [3.63, 3.8) is 0 Å². The number of aromatic nitrogens is 1. The van der Waals surface area contributed by atoms with Crippen LogP contribution in [0.2, 0.25) is 0 Å². The molecular weight excluding hydrogens is 226 g/mol. The zero-order valence-corrected chi connectivity index (χ0v) is 10.4. The number of hydrogen-bond donors (Lipinski definition) is 1. The van der Waals surface area contributed by atoms with Gasteiger partial charge < -0.3 is 10.1 Å². The molecule has 4 heteroatoms. The van der Waals surface area contributed by atoms with Gasteiger partial charge in [0.05, 0.1) is 12.8 Å². The van der Waals surface area contributed by atoms with Gasteiger partial charge in [-0.1, -0.05) is 6.07 Å². The molecule has 0 aliphatic carbocycles. The Labute approximate surface area is 106 Å². The van der Waals surface area contributed by atoms with Gasteiger partial charge in [-0.3, -0.25) is 4.99 Å². The van der Waals surface area contributed by atoms with Crippen LogP contribution in [-0.2, 0) is 0 Å². The number of hydrogen-bond acceptors (Lipinski definition) is 4. The molecule has 2 aromatic rings. The van der Waals surface area contributed by atoms with E-state index in [0.29, 0.717) is 0 Å². The molecule has 0 aliphatic rings. The fraction of sp³-hybridized carbons (Fsp3) is 0.143. The quantitative estimate of drug-likeness (QED) is 0.837. The second kappa shape index (κ2) is 5.82. The standard InChI is InChI=1S/C14H15N3O/c1-15-14-7-6-11(10-17-14)9-16-12-4-3-5-13(8-12)18-2/h3-10H,1-2H3,(H,15,17). The van der Waals surface area contributed by atoms with E-state index >= 15 is 0 Å². The Balaban J connectivity index is 2.13. The number of benzene rings is 1. The minimum absolute atomic E-state index is 0.799. The van der Waals surface area contributed by atoms with Gasteiger partial charge in [0.25, 0.3) is 0 Å². The molecule has 18 heavy (non-hydrogen) atoms. The molecule has 1 heterocycles. The zero-order valence-electron chi connectivity index (χ0n) is 10.4. The van der Waals surface area contributed by atoms with E-state index in [4.69, 9.17) is 4.74 Å². The second-order valence-electron chi connectivity index (χ2n) is 3.69. The fourth-order valence-corrected chi connectivity index (χ4v) is 1.47. The highest BCUT2D eigenvalue weighted by molar-refractivity contribution is 5.81. The lowest BCUT2D eigenvalue weighted by Crippen LogP contribution is -1.92. The van der Waals surface area contributed by atoms with Gasteiger partial charge in [-0.2, -0.15) is 0 Å². The van der Waals surface area contributed by atoms with Crippen molar-refractivity contribution < 1.29 is 4.74 Å². The van der Waals surface area contributed by atoms with Crippen molar-refractivity contribution in [2.75, 3.05) is 19.5 Å². The van der Waals surface area contributed by atoms with Gasteiger partial charge in [0.1, 0.15) is 11.6 Å². The van der Waals surface area contributed by atoms with Gasteiger partial charge in [-0.15, -0.1) is 0 Å². The molecular formula is C14H15N3O. The van der Waals surface area contributed by atoms with Crippen LogP contribution in [0.15, 0.2) is 47.6 Å². The highest BCUT2D eigenvalue weighted by atomic mass is 16.5. The number of aliphatic imine (C=N–C) groups is 1. The average Bonchev–Trinajstić information content (AvgIpc) is 2.46. The van der Waals surface area contributed by atoms with Gasteiger partial charge >= 0.3 is 0 Å². The van der Waals surface area contributed by atoms with E-state index in [1.165, 1.54) is 0 Å². The summed E-state index contributed by atoms with van der Waals surface area (Å²) in [5.41, 5.74) is 1.81. The summed E-state index contributed by atoms with van der Waals surface area (Å²) in [4.78, 5) is 8.59. The van der Waals surface area contributed by atoms with Crippen molar-refractivity contribution in [1.82, 2.24) is 4.98 Å². The van der Waals surface area contributed by atoms with Gasteiger partial charge in [0, 0.05) is 31.1 Å². The number of rotatable bonds is 4. The Morgan fingerprint density at radius 2 is 2.17 bits per heavy atom. The zero-order chi connectivity index (χ0) is 12.8. The summed E-state index contributed by atoms with van der Waals surface area (Å²) >= 11 is 0. The minimum Gasteiger partial charge on any atom is -0.497 e. The average molecular weight is 241 g/mol. The predicted octanol–water partition coefficient (Wildman–Crippen LogP) is 2.88. The second-order valence-corrected chi connectivity index (χ2v) is 3.69. The molecule has 0 spiro atoms. The smallest absolute Gasteiger partial charge is 0.125 e. The van der Waals surface area contributed by atoms with Crippen molar-refractivity contribution in [3.05, 3.63) is 48.2 Å². The lowest BCUT2D eigenvalue weighted by molar-refractivity contribution is 0.415. The largest absolute Gasteiger partial charge is 0.497 e. The van der Waals surface area contributed by atoms with Crippen molar-refractivity contribution in [2.45, 2.75) is 0 Å². The maximum absolute atomic E-state index is 5.14. The number of anilines is 1. The molecule has 0 aliphatic heterocycles. The van der Waals surface area contributed by atoms with Crippen LogP contribution in [0.4, 0.5) is 11.5 Å². The van der Waals surface area contributed by atoms with Gasteiger partial charge in [0.2, 0.25) is 0 Å². The Bertz CT molecular complexity index is 535. The molecule has 0 saturated heterocycles. The van der Waals surface area contributed by atoms with E-state index in [-0.39, 0.29) is 0 Å². The summed E-state index contributed by atoms with van der Waals surface area (Å²) in [6.45, 7) is 0. The highest BCUT2D eigenvalue weighted by Gasteiger charge is 1.94. The molecule has 0 radical (unpaired) electrons. The summed E-state index contributed by atoms with van der Waals surface area (Å²) in [5, 5.41) is 2.97. The van der Waals surface area contributed by atoms with Crippen LogP contribution < -0.4 is 10.1 Å². The van der Waals surface area contributed by atoms with Crippen LogP contribution in [0, 0.1) is 0 Å². The number of nitrogens with zero attached hydrogens (tertiary/aromatic N) is 2. The SMILES string of the molecule is CNc1ccc(C=Nc2cccc(OC)c2)cn1. The first-order valence-electron chi connectivity index (χ1n) is 5.64. The molecule has 0 saturated carbocycles. The molecule has 0 fully saturated rings. The van der Waals surface area contributed by atoms with Gasteiger partial charge in [0.15, 0.2) is 0 Å². The van der Waals surface area contributed by atoms with Crippen LogP contribution >= 0.6 is 0 Å². The predicted molar refractivity (Wildman–Crippen MR) is 74.0 cm³/mol. The van der Waals surface area contributed by atoms with Crippen molar-refractivity contribution in [3.8, 4) is 5.75 Å². The van der Waals surface area contributed by atoms with Crippen LogP contribution in [0.1, 0.15) is 5.56 Å². The maximum atomic E-state index is 5.14. The Hall–Kier alpha value is -2.36. The normalized spacial score (nSPS) is 10.6. The Morgan fingerprint density at radius 1 is 1.28 bits per heavy atom. The fourth-order valence-electron chi connectivity index (χ4n) is 1.47. The summed E-state index contributed by atoms with van der Waals surface area (Å²) < 4.78 is 5.14. The number of nitrogens with one attached hydrogen (secondary N) is 1. The molecule has 0 unspecified atom stereocenters. The molecule has 2 rings (SSSR count). The van der Waals surface area contributed by atoms with Crippen LogP contribution in [0.3, 0.4) is 0 Å². The third kappa shape index (κ3) is 3.07. The Morgan fingerprint density at radius 3 is 2.83 bits per heavy atom. The summed E-state index contributed by atoms with van der Waals surface area (Å²) in [7, 11) is 3.48. The lowest BCUT2D eigenvalue weighted by atomic mass is 10.3. The first-order valence-corrected chi connectivity index (χ1v) is 5.64. The van der Waals surface area contributed by atoms with E-state index in [1.807, 2.05) is 43.4 Å². The van der Waals surface area contributed by atoms with E-state index < -0.39 is 0 Å². The summed E-state index contributed by atoms with van der Waals surface area (Å²) in [5.74, 6) is 1.64. The first-order chi connectivity index (χ1) is 8.81. The molecule has 0 bridgehead atoms. The summed E-state index contributed by atoms with van der Waals surface area (Å²) in [6.07, 6.45) is 3.55. The van der Waals surface area contributed by atoms with E-state index in [0.717, 1.165) is 22.8 Å². The molecule has 0 atom stereocenters. The number of methoxy groups -OCH3 is 1. The number of ether oxygens (including phenoxy) is 1. The van der Waals surface area contributed by atoms with Crippen molar-refractivity contribution in [1.29, 1.82) is 0 Å². The van der Waals surface area contributed by atoms with E-state index in [9.17, 15) is 0 Å². The molecule has 1 aromatic heterocycles. The van der Waals surface area contributed by atoms with Crippen LogP contribution in [0.25, 0.3) is 0 Å². The third-order valence-electron chi connectivity index (χ3n) is 2.46. The number of pyridine rings is 1. The Kier molecular flexibility index (Phi) is 3.91. The van der Waals surface area contributed by atoms with Gasteiger partial charge in [-0.25, -0.2) is 4.98 Å². The molecule has 1 aromatic carbocycles. The van der Waals surface area contributed by atoms with Crippen molar-refractivity contribution in [2.24, 2.45) is 4.99 Å². The molecule has 0 amide bonds. The molecule has 1 N–H and O–H groups in total. The molecule has 92 valence electrons. The molecule has 4 nitrogen and oxygen atoms in total. The topological polar surface area (TPSA) is 46.5 Å². The minimum atomic E-state index is 0.799. The third-order valence-corrected chi connectivity index (χ3v) is 2.46. The van der Waals surface area contributed by atoms with E-state index in [2.05, 4.69) is 15.3 Å². The first kappa shape index (κ1) is 12.1. The van der Waals surface area contributed by atoms with Crippen LogP contribution in [0.5, 0.6) is 5.75 Å². The van der Waals surface area contributed by atoms with Crippen LogP contribution in [-0.4, -0.2) is 25.4 Å². The van der Waals surface area contributed by atoms with Crippen molar-refractivity contribution >= 4 is 17.7 Å². The maximum Gasteiger partial charge on any atom is 0.125 e. The van der Waals surface area contributed by atoms with Gasteiger partial charge in [-0.05, 0) is 24.3 Å². The highest BCUT2D eigenvalue weighted by Crippen LogP contribution is 2.19. The monoisotopic (exact) mass is 241 g/mol. The summed E-state index contributed by atoms with van der Waals surface area (Å²) in [6, 6.07) is 11.5. The van der Waals surface area contributed by atoms with E-state index in [1.54, 1.807) is 19.5 Å².